The standard InChI is InChI=1S/C19H25N3O7/c1-6-19(3)17(25)22(18(26)21-19)10-15(23)29-11(2)16(24)20-12-7-8-13(27-4)14(9-12)28-5/h7-9,11H,6,10H2,1-5H3,(H,20,24)(H,21,26)/t11-,19+/m0/s1. The number of nitrogens with one attached hydrogen (secondary N) is 2. The van der Waals surface area contributed by atoms with Gasteiger partial charge in [0, 0.05) is 11.8 Å². The Labute approximate surface area is 168 Å². The van der Waals surface area contributed by atoms with Crippen molar-refractivity contribution >= 4 is 29.5 Å². The molecule has 1 saturated heterocycles. The average molecular weight is 407 g/mol. The molecule has 1 fully saturated rings. The van der Waals surface area contributed by atoms with Gasteiger partial charge in [0.2, 0.25) is 0 Å². The molecule has 4 amide bonds. The molecule has 10 heteroatoms. The van der Waals surface area contributed by atoms with E-state index in [9.17, 15) is 19.2 Å². The third-order valence-electron chi connectivity index (χ3n) is 4.67. The smallest absolute Gasteiger partial charge is 0.327 e. The molecule has 2 atom stereocenters. The first-order chi connectivity index (χ1) is 13.6. The minimum Gasteiger partial charge on any atom is -0.493 e. The highest BCUT2D eigenvalue weighted by molar-refractivity contribution is 6.08. The molecule has 29 heavy (non-hydrogen) atoms. The zero-order valence-electron chi connectivity index (χ0n) is 17.0. The third-order valence-corrected chi connectivity index (χ3v) is 4.67. The highest BCUT2D eigenvalue weighted by atomic mass is 16.5. The monoisotopic (exact) mass is 407 g/mol. The van der Waals surface area contributed by atoms with Crippen molar-refractivity contribution in [3.05, 3.63) is 18.2 Å². The third kappa shape index (κ3) is 4.76. The van der Waals surface area contributed by atoms with Crippen LogP contribution in [0.2, 0.25) is 0 Å². The molecule has 0 spiro atoms. The molecule has 158 valence electrons. The first kappa shape index (κ1) is 22.0. The summed E-state index contributed by atoms with van der Waals surface area (Å²) in [6, 6.07) is 4.11. The highest BCUT2D eigenvalue weighted by Crippen LogP contribution is 2.29. The fourth-order valence-corrected chi connectivity index (χ4v) is 2.71. The second kappa shape index (κ2) is 8.80. The van der Waals surface area contributed by atoms with Crippen molar-refractivity contribution in [2.24, 2.45) is 0 Å². The highest BCUT2D eigenvalue weighted by Gasteiger charge is 2.47. The Hall–Kier alpha value is -3.30. The molecule has 2 N–H and O–H groups in total. The molecular weight excluding hydrogens is 382 g/mol. The number of esters is 1. The predicted octanol–water partition coefficient (Wildman–Crippen LogP) is 1.29. The maximum absolute atomic E-state index is 12.3. The van der Waals surface area contributed by atoms with Crippen molar-refractivity contribution in [1.82, 2.24) is 10.2 Å². The van der Waals surface area contributed by atoms with E-state index in [0.29, 0.717) is 23.6 Å². The Kier molecular flexibility index (Phi) is 6.68. The van der Waals surface area contributed by atoms with Crippen LogP contribution in [-0.2, 0) is 19.1 Å². The van der Waals surface area contributed by atoms with E-state index >= 15 is 0 Å². The number of ether oxygens (including phenoxy) is 3. The second-order valence-corrected chi connectivity index (χ2v) is 6.70. The molecule has 0 saturated carbocycles. The zero-order valence-corrected chi connectivity index (χ0v) is 17.0. The van der Waals surface area contributed by atoms with Crippen LogP contribution in [0.25, 0.3) is 0 Å². The van der Waals surface area contributed by atoms with Crippen LogP contribution in [0.4, 0.5) is 10.5 Å². The molecule has 1 aromatic rings. The Morgan fingerprint density at radius 1 is 1.21 bits per heavy atom. The lowest BCUT2D eigenvalue weighted by molar-refractivity contribution is -0.155. The van der Waals surface area contributed by atoms with Crippen molar-refractivity contribution in [3.8, 4) is 11.5 Å². The van der Waals surface area contributed by atoms with Gasteiger partial charge in [-0.3, -0.25) is 19.3 Å². The van der Waals surface area contributed by atoms with Gasteiger partial charge in [-0.1, -0.05) is 6.92 Å². The number of hydrogen-bond donors (Lipinski definition) is 2. The number of carbonyl (C=O) groups is 4. The fourth-order valence-electron chi connectivity index (χ4n) is 2.71. The maximum atomic E-state index is 12.3. The van der Waals surface area contributed by atoms with Gasteiger partial charge >= 0.3 is 12.0 Å². The van der Waals surface area contributed by atoms with Gasteiger partial charge in [-0.05, 0) is 32.4 Å². The number of benzene rings is 1. The lowest BCUT2D eigenvalue weighted by Gasteiger charge is -2.19. The van der Waals surface area contributed by atoms with Crippen LogP contribution in [0.5, 0.6) is 11.5 Å². The Bertz CT molecular complexity index is 826. The molecular formula is C19H25N3O7. The van der Waals surface area contributed by atoms with Gasteiger partial charge in [-0.25, -0.2) is 4.79 Å². The molecule has 0 radical (unpaired) electrons. The van der Waals surface area contributed by atoms with Crippen LogP contribution in [0, 0.1) is 0 Å². The molecule has 1 aliphatic rings. The van der Waals surface area contributed by atoms with E-state index in [1.165, 1.54) is 21.1 Å². The van der Waals surface area contributed by atoms with Gasteiger partial charge in [0.1, 0.15) is 12.1 Å². The van der Waals surface area contributed by atoms with Crippen molar-refractivity contribution in [1.29, 1.82) is 0 Å². The van der Waals surface area contributed by atoms with Crippen LogP contribution in [0.3, 0.4) is 0 Å². The number of amides is 4. The Morgan fingerprint density at radius 2 is 1.86 bits per heavy atom. The van der Waals surface area contributed by atoms with E-state index in [1.54, 1.807) is 32.0 Å². The lowest BCUT2D eigenvalue weighted by atomic mass is 9.99. The van der Waals surface area contributed by atoms with Crippen molar-refractivity contribution < 1.29 is 33.4 Å². The Morgan fingerprint density at radius 3 is 2.41 bits per heavy atom. The van der Waals surface area contributed by atoms with E-state index < -0.39 is 42.0 Å². The zero-order chi connectivity index (χ0) is 21.8. The molecule has 10 nitrogen and oxygen atoms in total. The second-order valence-electron chi connectivity index (χ2n) is 6.70. The number of urea groups is 1. The average Bonchev–Trinajstić information content (AvgIpc) is 2.91. The fraction of sp³-hybridized carbons (Fsp3) is 0.474. The van der Waals surface area contributed by atoms with Gasteiger partial charge < -0.3 is 24.8 Å². The summed E-state index contributed by atoms with van der Waals surface area (Å²) in [7, 11) is 2.96. The summed E-state index contributed by atoms with van der Waals surface area (Å²) in [4.78, 5) is 49.5. The summed E-state index contributed by atoms with van der Waals surface area (Å²) < 4.78 is 15.4. The summed E-state index contributed by atoms with van der Waals surface area (Å²) in [5, 5.41) is 5.14. The summed E-state index contributed by atoms with van der Waals surface area (Å²) >= 11 is 0. The van der Waals surface area contributed by atoms with Crippen molar-refractivity contribution in [2.75, 3.05) is 26.1 Å². The van der Waals surface area contributed by atoms with E-state index in [4.69, 9.17) is 14.2 Å². The van der Waals surface area contributed by atoms with Gasteiger partial charge in [0.05, 0.1) is 14.2 Å². The van der Waals surface area contributed by atoms with Gasteiger partial charge in [-0.2, -0.15) is 0 Å². The maximum Gasteiger partial charge on any atom is 0.327 e. The molecule has 1 aliphatic heterocycles. The van der Waals surface area contributed by atoms with Gasteiger partial charge in [0.25, 0.3) is 11.8 Å². The quantitative estimate of drug-likeness (QED) is 0.492. The summed E-state index contributed by atoms with van der Waals surface area (Å²) in [5.74, 6) is -1.04. The van der Waals surface area contributed by atoms with Crippen LogP contribution in [0.15, 0.2) is 18.2 Å². The number of carbonyl (C=O) groups excluding carboxylic acids is 4. The number of nitrogens with zero attached hydrogens (tertiary/aromatic N) is 1. The van der Waals surface area contributed by atoms with Gasteiger partial charge in [0.15, 0.2) is 17.6 Å². The number of hydrogen-bond acceptors (Lipinski definition) is 7. The largest absolute Gasteiger partial charge is 0.493 e. The molecule has 1 heterocycles. The van der Waals surface area contributed by atoms with Crippen LogP contribution in [-0.4, -0.2) is 61.1 Å². The number of rotatable bonds is 8. The number of methoxy groups -OCH3 is 2. The van der Waals surface area contributed by atoms with E-state index in [2.05, 4.69) is 10.6 Å². The predicted molar refractivity (Wildman–Crippen MR) is 103 cm³/mol. The number of imide groups is 1. The molecule has 2 rings (SSSR count). The van der Waals surface area contributed by atoms with Crippen molar-refractivity contribution in [2.45, 2.75) is 38.8 Å². The summed E-state index contributed by atoms with van der Waals surface area (Å²) in [5.41, 5.74) is -0.628. The normalized spacial score (nSPS) is 19.4. The first-order valence-electron chi connectivity index (χ1n) is 9.01. The van der Waals surface area contributed by atoms with Crippen LogP contribution in [0.1, 0.15) is 27.2 Å². The molecule has 1 aromatic carbocycles. The van der Waals surface area contributed by atoms with Crippen LogP contribution >= 0.6 is 0 Å². The summed E-state index contributed by atoms with van der Waals surface area (Å²) in [6.07, 6.45) is -0.762. The minimum atomic E-state index is -1.14. The topological polar surface area (TPSA) is 123 Å². The number of anilines is 1. The lowest BCUT2D eigenvalue weighted by Crippen LogP contribution is -2.44. The van der Waals surface area contributed by atoms with E-state index in [0.717, 1.165) is 4.90 Å². The molecule has 0 bridgehead atoms. The minimum absolute atomic E-state index is 0.382. The van der Waals surface area contributed by atoms with E-state index in [-0.39, 0.29) is 0 Å². The van der Waals surface area contributed by atoms with Crippen molar-refractivity contribution in [3.63, 3.8) is 0 Å². The molecule has 0 aromatic heterocycles. The van der Waals surface area contributed by atoms with Crippen LogP contribution < -0.4 is 20.1 Å². The molecule has 0 unspecified atom stereocenters. The first-order valence-corrected chi connectivity index (χ1v) is 9.01. The van der Waals surface area contributed by atoms with E-state index in [1.807, 2.05) is 0 Å². The van der Waals surface area contributed by atoms with Gasteiger partial charge in [-0.15, -0.1) is 0 Å². The SMILES string of the molecule is CC[C@@]1(C)NC(=O)N(CC(=O)O[C@@H](C)C(=O)Nc2ccc(OC)c(OC)c2)C1=O. The molecule has 0 aliphatic carbocycles. The Balaban J connectivity index is 1.95. The summed E-state index contributed by atoms with van der Waals surface area (Å²) in [6.45, 7) is 4.14.